The summed E-state index contributed by atoms with van der Waals surface area (Å²) in [4.78, 5) is 46.1. The first-order chi connectivity index (χ1) is 19.8. The first-order valence-electron chi connectivity index (χ1n) is 14.2. The van der Waals surface area contributed by atoms with Crippen molar-refractivity contribution < 1.29 is 18.0 Å². The van der Waals surface area contributed by atoms with Gasteiger partial charge in [0.15, 0.2) is 0 Å². The van der Waals surface area contributed by atoms with Gasteiger partial charge < -0.3 is 10.2 Å². The molecule has 11 heteroatoms. The number of rotatable bonds is 8. The van der Waals surface area contributed by atoms with E-state index in [1.165, 1.54) is 24.3 Å². The predicted octanol–water partition coefficient (Wildman–Crippen LogP) is 4.01. The Balaban J connectivity index is 1.26. The van der Waals surface area contributed by atoms with E-state index in [1.807, 2.05) is 45.9 Å². The summed E-state index contributed by atoms with van der Waals surface area (Å²) in [6.07, 6.45) is 3.56. The molecule has 222 valence electrons. The van der Waals surface area contributed by atoms with Gasteiger partial charge in [-0.25, -0.2) is 18.1 Å². The molecule has 1 heterocycles. The monoisotopic (exact) mass is 591 g/mol. The quantitative estimate of drug-likeness (QED) is 0.362. The van der Waals surface area contributed by atoms with E-state index in [0.717, 1.165) is 42.4 Å². The molecule has 2 aliphatic rings. The molecule has 5 rings (SSSR count). The van der Waals surface area contributed by atoms with Crippen LogP contribution in [-0.4, -0.2) is 54.2 Å². The summed E-state index contributed by atoms with van der Waals surface area (Å²) in [7, 11) is -2.43. The fourth-order valence-corrected chi connectivity index (χ4v) is 7.22. The van der Waals surface area contributed by atoms with Gasteiger partial charge in [-0.15, -0.1) is 0 Å². The maximum atomic E-state index is 13.3. The third kappa shape index (κ3) is 5.83. The molecular formula is C31H37N5O5S. The fraction of sp³-hybridized carbons (Fsp3) is 0.419. The number of nitrogens with zero attached hydrogens (tertiary/aromatic N) is 2. The minimum absolute atomic E-state index is 0.0410. The Morgan fingerprint density at radius 1 is 1.02 bits per heavy atom. The first-order valence-corrected chi connectivity index (χ1v) is 15.6. The molecule has 2 amide bonds. The van der Waals surface area contributed by atoms with E-state index in [4.69, 9.17) is 0 Å². The van der Waals surface area contributed by atoms with Crippen LogP contribution in [0, 0.1) is 25.2 Å². The van der Waals surface area contributed by atoms with Crippen molar-refractivity contribution in [3.05, 3.63) is 75.6 Å². The van der Waals surface area contributed by atoms with Crippen molar-refractivity contribution in [2.45, 2.75) is 70.4 Å². The van der Waals surface area contributed by atoms with Crippen molar-refractivity contribution in [2.75, 3.05) is 11.8 Å². The number of benzene rings is 2. The second kappa shape index (κ2) is 11.0. The molecule has 2 aromatic carbocycles. The first kappa shape index (κ1) is 29.5. The van der Waals surface area contributed by atoms with E-state index >= 15 is 0 Å². The zero-order valence-electron chi connectivity index (χ0n) is 24.5. The average molecular weight is 592 g/mol. The highest BCUT2D eigenvalue weighted by Crippen LogP contribution is 2.57. The maximum Gasteiger partial charge on any atom is 0.264 e. The zero-order chi connectivity index (χ0) is 30.4. The van der Waals surface area contributed by atoms with Crippen molar-refractivity contribution in [1.82, 2.24) is 20.2 Å². The van der Waals surface area contributed by atoms with Crippen LogP contribution in [0.4, 0.5) is 5.95 Å². The minimum Gasteiger partial charge on any atom is -0.353 e. The minimum atomic E-state index is -4.17. The van der Waals surface area contributed by atoms with Crippen LogP contribution in [0.3, 0.4) is 0 Å². The molecule has 0 saturated heterocycles. The van der Waals surface area contributed by atoms with Crippen molar-refractivity contribution in [2.24, 2.45) is 11.3 Å². The molecule has 0 aliphatic heterocycles. The Kier molecular flexibility index (Phi) is 7.74. The number of H-pyrrole nitrogens is 1. The lowest BCUT2D eigenvalue weighted by molar-refractivity contribution is -0.128. The van der Waals surface area contributed by atoms with Crippen LogP contribution in [-0.2, 0) is 14.8 Å². The van der Waals surface area contributed by atoms with Crippen molar-refractivity contribution in [3.8, 4) is 11.3 Å². The van der Waals surface area contributed by atoms with Gasteiger partial charge in [0.1, 0.15) is 0 Å². The number of carbonyl (C=O) groups is 2. The summed E-state index contributed by atoms with van der Waals surface area (Å²) >= 11 is 0. The Morgan fingerprint density at radius 2 is 1.67 bits per heavy atom. The smallest absolute Gasteiger partial charge is 0.264 e. The maximum absolute atomic E-state index is 13.3. The topological polar surface area (TPSA) is 141 Å². The molecule has 42 heavy (non-hydrogen) atoms. The molecule has 1 spiro atoms. The Labute approximate surface area is 246 Å². The number of sulfonamides is 1. The second-order valence-corrected chi connectivity index (χ2v) is 13.8. The number of aromatic amines is 1. The number of hydrogen-bond donors (Lipinski definition) is 3. The third-order valence-electron chi connectivity index (χ3n) is 8.54. The number of aryl methyl sites for hydroxylation is 2. The fourth-order valence-electron chi connectivity index (χ4n) is 6.21. The van der Waals surface area contributed by atoms with Gasteiger partial charge in [0.2, 0.25) is 11.9 Å². The molecule has 2 aliphatic carbocycles. The summed E-state index contributed by atoms with van der Waals surface area (Å²) in [6.45, 7) is 7.55. The highest BCUT2D eigenvalue weighted by molar-refractivity contribution is 7.92. The largest absolute Gasteiger partial charge is 0.353 e. The van der Waals surface area contributed by atoms with Crippen LogP contribution in [0.15, 0.2) is 58.2 Å². The summed E-state index contributed by atoms with van der Waals surface area (Å²) < 4.78 is 29.0. The molecule has 3 N–H and O–H groups in total. The number of aromatic nitrogens is 2. The Bertz CT molecular complexity index is 1680. The summed E-state index contributed by atoms with van der Waals surface area (Å²) in [5.41, 5.74) is 2.85. The summed E-state index contributed by atoms with van der Waals surface area (Å²) in [6, 6.07) is 13.1. The van der Waals surface area contributed by atoms with Gasteiger partial charge in [-0.1, -0.05) is 38.1 Å². The Morgan fingerprint density at radius 3 is 2.31 bits per heavy atom. The number of amides is 2. The Hall–Kier alpha value is -3.99. The molecule has 0 bridgehead atoms. The lowest BCUT2D eigenvalue weighted by Crippen LogP contribution is -2.61. The second-order valence-electron chi connectivity index (χ2n) is 12.1. The van der Waals surface area contributed by atoms with Gasteiger partial charge in [0.05, 0.1) is 10.6 Å². The van der Waals surface area contributed by atoms with Gasteiger partial charge in [0.25, 0.3) is 21.5 Å². The molecule has 2 saturated carbocycles. The van der Waals surface area contributed by atoms with E-state index in [1.54, 1.807) is 18.0 Å². The molecule has 0 unspecified atom stereocenters. The molecule has 0 atom stereocenters. The van der Waals surface area contributed by atoms with Crippen molar-refractivity contribution in [1.29, 1.82) is 0 Å². The average Bonchev–Trinajstić information content (AvgIpc) is 2.87. The van der Waals surface area contributed by atoms with Crippen molar-refractivity contribution >= 4 is 27.8 Å². The summed E-state index contributed by atoms with van der Waals surface area (Å²) in [5, 5.41) is 3.08. The van der Waals surface area contributed by atoms with Gasteiger partial charge in [-0.05, 0) is 74.3 Å². The highest BCUT2D eigenvalue weighted by Gasteiger charge is 2.54. The SMILES string of the molecule is Cc1cccc(C)c1-c1cc(=O)[nH]c(NS(=O)(=O)c2cccc(C(=O)N(C)C3CC4(CC(NC(=O)C(C)C)C4)C3)c2)n1. The molecule has 1 aromatic heterocycles. The number of carbonyl (C=O) groups excluding carboxylic acids is 2. The number of anilines is 1. The van der Waals surface area contributed by atoms with E-state index in [9.17, 15) is 22.8 Å². The molecule has 10 nitrogen and oxygen atoms in total. The zero-order valence-corrected chi connectivity index (χ0v) is 25.3. The molecule has 2 fully saturated rings. The van der Waals surface area contributed by atoms with Crippen LogP contribution in [0.1, 0.15) is 61.0 Å². The molecule has 3 aromatic rings. The van der Waals surface area contributed by atoms with Gasteiger partial charge in [-0.3, -0.25) is 19.4 Å². The molecule has 0 radical (unpaired) electrons. The standard InChI is InChI=1S/C31H37N5O5S/c1-18(2)28(38)32-22-14-31(15-22)16-23(17-31)36(5)29(39)21-10-7-11-24(12-21)42(40,41)35-30-33-25(13-26(37)34-30)27-19(3)8-6-9-20(27)4/h6-13,18,22-23H,14-17H2,1-5H3,(H,32,38)(H2,33,34,35,37). The molecular weight excluding hydrogens is 554 g/mol. The van der Waals surface area contributed by atoms with Crippen LogP contribution in [0.2, 0.25) is 0 Å². The lowest BCUT2D eigenvalue weighted by Gasteiger charge is -2.59. The van der Waals surface area contributed by atoms with Crippen LogP contribution < -0.4 is 15.6 Å². The van der Waals surface area contributed by atoms with E-state index in [0.29, 0.717) is 5.69 Å². The predicted molar refractivity (Wildman–Crippen MR) is 161 cm³/mol. The van der Waals surface area contributed by atoms with Crippen LogP contribution in [0.5, 0.6) is 0 Å². The van der Waals surface area contributed by atoms with Gasteiger partial charge >= 0.3 is 0 Å². The lowest BCUT2D eigenvalue weighted by atomic mass is 9.51. The number of hydrogen-bond acceptors (Lipinski definition) is 6. The van der Waals surface area contributed by atoms with Gasteiger partial charge in [0, 0.05) is 42.2 Å². The van der Waals surface area contributed by atoms with E-state index < -0.39 is 15.6 Å². The number of nitrogens with one attached hydrogen (secondary N) is 3. The van der Waals surface area contributed by atoms with E-state index in [2.05, 4.69) is 20.0 Å². The normalized spacial score (nSPS) is 21.4. The van der Waals surface area contributed by atoms with Gasteiger partial charge in [-0.2, -0.15) is 0 Å². The highest BCUT2D eigenvalue weighted by atomic mass is 32.2. The summed E-state index contributed by atoms with van der Waals surface area (Å²) in [5.74, 6) is -0.448. The van der Waals surface area contributed by atoms with Crippen LogP contribution in [0.25, 0.3) is 11.3 Å². The third-order valence-corrected chi connectivity index (χ3v) is 9.87. The van der Waals surface area contributed by atoms with E-state index in [-0.39, 0.29) is 51.6 Å². The van der Waals surface area contributed by atoms with Crippen molar-refractivity contribution in [3.63, 3.8) is 0 Å². The van der Waals surface area contributed by atoms with Crippen LogP contribution >= 0.6 is 0 Å².